The number of likely N-dealkylation sites (N-methyl/N-ethyl adjacent to an activating group) is 1. The summed E-state index contributed by atoms with van der Waals surface area (Å²) in [5, 5.41) is 0. The minimum Gasteiger partial charge on any atom is -0.493 e. The van der Waals surface area contributed by atoms with E-state index < -0.39 is 12.3 Å². The number of carbonyl (C=O) groups is 1. The summed E-state index contributed by atoms with van der Waals surface area (Å²) in [5.41, 5.74) is 6.42. The third kappa shape index (κ3) is 3.45. The van der Waals surface area contributed by atoms with Gasteiger partial charge in [-0.3, -0.25) is 0 Å². The minimum atomic E-state index is -0.631. The molecule has 0 amide bonds. The van der Waals surface area contributed by atoms with Crippen molar-refractivity contribution in [1.29, 1.82) is 0 Å². The van der Waals surface area contributed by atoms with Crippen LogP contribution in [0.15, 0.2) is 60.2 Å². The SMILES string of the molecule is COc1ccc2c3c1OC1C(OC(=O)OCCC4=CCc5ccccc5C4)C=CC4C(C2)N(C)CCC341. The molecule has 2 aliphatic heterocycles. The Morgan fingerprint density at radius 1 is 1.14 bits per heavy atom. The largest absolute Gasteiger partial charge is 0.509 e. The van der Waals surface area contributed by atoms with Crippen LogP contribution in [0, 0.1) is 5.92 Å². The number of hydrogen-bond donors (Lipinski definition) is 0. The van der Waals surface area contributed by atoms with Crippen LogP contribution >= 0.6 is 0 Å². The van der Waals surface area contributed by atoms with Gasteiger partial charge >= 0.3 is 6.16 Å². The van der Waals surface area contributed by atoms with Gasteiger partial charge in [0.15, 0.2) is 17.6 Å². The molecule has 2 heterocycles. The number of piperidine rings is 1. The molecular formula is C31H33NO5. The van der Waals surface area contributed by atoms with E-state index >= 15 is 0 Å². The zero-order valence-electron chi connectivity index (χ0n) is 21.4. The highest BCUT2D eigenvalue weighted by molar-refractivity contribution is 5.64. The summed E-state index contributed by atoms with van der Waals surface area (Å²) in [6.07, 6.45) is 9.64. The minimum absolute atomic E-state index is 0.214. The number of hydrogen-bond acceptors (Lipinski definition) is 6. The first-order valence-electron chi connectivity index (χ1n) is 13.4. The number of methoxy groups -OCH3 is 1. The van der Waals surface area contributed by atoms with Crippen LogP contribution in [0.3, 0.4) is 0 Å². The highest BCUT2D eigenvalue weighted by Gasteiger charge is 2.65. The van der Waals surface area contributed by atoms with E-state index in [0.717, 1.165) is 50.1 Å². The molecule has 0 N–H and O–H groups in total. The van der Waals surface area contributed by atoms with Crippen molar-refractivity contribution in [3.05, 3.63) is 82.5 Å². The third-order valence-electron chi connectivity index (χ3n) is 9.36. The molecule has 0 radical (unpaired) electrons. The first-order valence-corrected chi connectivity index (χ1v) is 13.4. The van der Waals surface area contributed by atoms with Gasteiger partial charge < -0.3 is 23.8 Å². The lowest BCUT2D eigenvalue weighted by atomic mass is 9.53. The van der Waals surface area contributed by atoms with Gasteiger partial charge in [-0.1, -0.05) is 48.1 Å². The van der Waals surface area contributed by atoms with E-state index in [1.807, 2.05) is 12.1 Å². The fourth-order valence-electron chi connectivity index (χ4n) is 7.57. The van der Waals surface area contributed by atoms with Gasteiger partial charge in [-0.25, -0.2) is 4.79 Å². The number of ether oxygens (including phenoxy) is 4. The zero-order valence-corrected chi connectivity index (χ0v) is 21.4. The smallest absolute Gasteiger partial charge is 0.493 e. The monoisotopic (exact) mass is 499 g/mol. The maximum Gasteiger partial charge on any atom is 0.509 e. The molecule has 7 rings (SSSR count). The third-order valence-corrected chi connectivity index (χ3v) is 9.36. The molecule has 3 aliphatic carbocycles. The molecule has 192 valence electrons. The summed E-state index contributed by atoms with van der Waals surface area (Å²) in [6, 6.07) is 13.1. The van der Waals surface area contributed by atoms with E-state index in [1.165, 1.54) is 27.8 Å². The molecule has 5 unspecified atom stereocenters. The molecule has 5 aliphatic rings. The van der Waals surface area contributed by atoms with Crippen LogP contribution in [-0.2, 0) is 34.2 Å². The molecule has 0 saturated carbocycles. The number of allylic oxidation sites excluding steroid dienone is 1. The van der Waals surface area contributed by atoms with Crippen LogP contribution in [0.2, 0.25) is 0 Å². The fourth-order valence-corrected chi connectivity index (χ4v) is 7.57. The normalized spacial score (nSPS) is 30.5. The highest BCUT2D eigenvalue weighted by atomic mass is 16.7. The van der Waals surface area contributed by atoms with Gasteiger partial charge in [0.05, 0.1) is 13.7 Å². The van der Waals surface area contributed by atoms with Crippen LogP contribution < -0.4 is 9.47 Å². The lowest BCUT2D eigenvalue weighted by Gasteiger charge is -2.56. The Balaban J connectivity index is 1.07. The Morgan fingerprint density at radius 2 is 2.00 bits per heavy atom. The lowest BCUT2D eigenvalue weighted by molar-refractivity contribution is -0.0631. The van der Waals surface area contributed by atoms with Gasteiger partial charge in [-0.05, 0) is 68.1 Å². The number of carbonyl (C=O) groups excluding carboxylic acids is 1. The second-order valence-corrected chi connectivity index (χ2v) is 11.1. The quantitative estimate of drug-likeness (QED) is 0.436. The number of fused-ring (bicyclic) bond motifs is 1. The topological polar surface area (TPSA) is 57.2 Å². The number of nitrogens with zero attached hydrogens (tertiary/aromatic N) is 1. The van der Waals surface area contributed by atoms with E-state index in [-0.39, 0.29) is 11.5 Å². The Morgan fingerprint density at radius 3 is 2.86 bits per heavy atom. The Hall–Kier alpha value is -3.25. The van der Waals surface area contributed by atoms with Crippen LogP contribution in [0.1, 0.15) is 35.1 Å². The molecule has 2 aromatic rings. The fraction of sp³-hybridized carbons (Fsp3) is 0.452. The predicted molar refractivity (Wildman–Crippen MR) is 139 cm³/mol. The van der Waals surface area contributed by atoms with Crippen LogP contribution in [-0.4, -0.2) is 56.6 Å². The average molecular weight is 500 g/mol. The number of likely N-dealkylation sites (tertiary alicyclic amines) is 1. The predicted octanol–water partition coefficient (Wildman–Crippen LogP) is 4.78. The molecule has 37 heavy (non-hydrogen) atoms. The first kappa shape index (κ1) is 22.9. The van der Waals surface area contributed by atoms with Crippen LogP contribution in [0.25, 0.3) is 0 Å². The molecule has 6 nitrogen and oxygen atoms in total. The van der Waals surface area contributed by atoms with Gasteiger partial charge in [-0.15, -0.1) is 0 Å². The van der Waals surface area contributed by atoms with Crippen molar-refractivity contribution in [2.24, 2.45) is 5.92 Å². The van der Waals surface area contributed by atoms with E-state index in [2.05, 4.69) is 54.4 Å². The summed E-state index contributed by atoms with van der Waals surface area (Å²) in [5.74, 6) is 1.89. The molecule has 2 aromatic carbocycles. The lowest BCUT2D eigenvalue weighted by Crippen LogP contribution is -2.65. The Kier molecular flexibility index (Phi) is 5.36. The van der Waals surface area contributed by atoms with Crippen molar-refractivity contribution in [3.8, 4) is 11.5 Å². The molecule has 1 saturated heterocycles. The Bertz CT molecular complexity index is 1310. The highest BCUT2D eigenvalue weighted by Crippen LogP contribution is 2.62. The number of rotatable bonds is 5. The molecule has 1 spiro atoms. The van der Waals surface area contributed by atoms with E-state index in [9.17, 15) is 4.79 Å². The van der Waals surface area contributed by atoms with Gasteiger partial charge in [0, 0.05) is 29.4 Å². The molecule has 6 heteroatoms. The van der Waals surface area contributed by atoms with E-state index in [1.54, 1.807) is 7.11 Å². The van der Waals surface area contributed by atoms with Crippen molar-refractivity contribution < 1.29 is 23.7 Å². The van der Waals surface area contributed by atoms with Crippen LogP contribution in [0.4, 0.5) is 4.79 Å². The van der Waals surface area contributed by atoms with Crippen molar-refractivity contribution in [1.82, 2.24) is 4.90 Å². The number of benzene rings is 2. The molecule has 5 atom stereocenters. The van der Waals surface area contributed by atoms with Gasteiger partial charge in [0.2, 0.25) is 0 Å². The van der Waals surface area contributed by atoms with Gasteiger partial charge in [0.1, 0.15) is 6.10 Å². The standard InChI is InChI=1S/C31H33NO5/c1-32-15-14-31-23-10-12-26(29(31)37-28-25(34-2)11-9-22(27(28)31)18-24(23)32)36-30(33)35-16-13-19-7-8-20-5-3-4-6-21(20)17-19/h3-7,9-12,23-24,26,29H,8,13-18H2,1-2H3. The summed E-state index contributed by atoms with van der Waals surface area (Å²) < 4.78 is 23.8. The summed E-state index contributed by atoms with van der Waals surface area (Å²) in [7, 11) is 3.90. The maximum absolute atomic E-state index is 12.8. The molecule has 2 bridgehead atoms. The maximum atomic E-state index is 12.8. The van der Waals surface area contributed by atoms with E-state index in [4.69, 9.17) is 18.9 Å². The second-order valence-electron chi connectivity index (χ2n) is 11.1. The van der Waals surface area contributed by atoms with Gasteiger partial charge in [-0.2, -0.15) is 0 Å². The summed E-state index contributed by atoms with van der Waals surface area (Å²) in [4.78, 5) is 15.3. The summed E-state index contributed by atoms with van der Waals surface area (Å²) >= 11 is 0. The van der Waals surface area contributed by atoms with Gasteiger partial charge in [0.25, 0.3) is 0 Å². The average Bonchev–Trinajstić information content (AvgIpc) is 3.27. The second kappa shape index (κ2) is 8.66. The molecular weight excluding hydrogens is 466 g/mol. The van der Waals surface area contributed by atoms with Crippen LogP contribution in [0.5, 0.6) is 11.5 Å². The first-order chi connectivity index (χ1) is 18.1. The molecule has 1 fully saturated rings. The zero-order chi connectivity index (χ0) is 25.1. The molecule has 0 aromatic heterocycles. The van der Waals surface area contributed by atoms with Crippen molar-refractivity contribution >= 4 is 6.16 Å². The van der Waals surface area contributed by atoms with Crippen molar-refractivity contribution in [3.63, 3.8) is 0 Å². The Labute approximate surface area is 217 Å². The van der Waals surface area contributed by atoms with Crippen molar-refractivity contribution in [2.75, 3.05) is 27.3 Å². The van der Waals surface area contributed by atoms with E-state index in [0.29, 0.717) is 18.6 Å². The van der Waals surface area contributed by atoms with Crippen molar-refractivity contribution in [2.45, 2.75) is 55.8 Å². The summed E-state index contributed by atoms with van der Waals surface area (Å²) in [6.45, 7) is 1.30.